The molecule has 2 atom stereocenters. The van der Waals surface area contributed by atoms with Crippen LogP contribution in [0.25, 0.3) is 0 Å². The summed E-state index contributed by atoms with van der Waals surface area (Å²) >= 11 is 3.29. The molecule has 0 spiro atoms. The number of anilines is 1. The molecule has 1 aromatic rings. The minimum absolute atomic E-state index is 0.104. The van der Waals surface area contributed by atoms with Gasteiger partial charge in [-0.3, -0.25) is 4.79 Å². The third-order valence-electron chi connectivity index (χ3n) is 3.09. The SMILES string of the molecule is CCC(C)C(C)NC(=O)c1cc(Br)cnc1NN. The largest absolute Gasteiger partial charge is 0.349 e. The predicted molar refractivity (Wildman–Crippen MR) is 76.1 cm³/mol. The van der Waals surface area contributed by atoms with Crippen molar-refractivity contribution in [2.24, 2.45) is 11.8 Å². The van der Waals surface area contributed by atoms with Crippen molar-refractivity contribution in [3.63, 3.8) is 0 Å². The lowest BCUT2D eigenvalue weighted by molar-refractivity contribution is 0.0928. The van der Waals surface area contributed by atoms with Crippen LogP contribution in [0, 0.1) is 5.92 Å². The van der Waals surface area contributed by atoms with Crippen LogP contribution >= 0.6 is 15.9 Å². The summed E-state index contributed by atoms with van der Waals surface area (Å²) in [4.78, 5) is 16.2. The molecule has 18 heavy (non-hydrogen) atoms. The van der Waals surface area contributed by atoms with E-state index in [0.29, 0.717) is 17.3 Å². The number of hydrogen-bond donors (Lipinski definition) is 3. The molecule has 0 radical (unpaired) electrons. The van der Waals surface area contributed by atoms with Gasteiger partial charge in [-0.25, -0.2) is 10.8 Å². The van der Waals surface area contributed by atoms with E-state index in [9.17, 15) is 4.79 Å². The quantitative estimate of drug-likeness (QED) is 0.575. The van der Waals surface area contributed by atoms with Crippen LogP contribution in [0.3, 0.4) is 0 Å². The lowest BCUT2D eigenvalue weighted by atomic mass is 10.0. The zero-order chi connectivity index (χ0) is 13.7. The van der Waals surface area contributed by atoms with Crippen molar-refractivity contribution in [2.45, 2.75) is 33.2 Å². The molecule has 2 unspecified atom stereocenters. The topological polar surface area (TPSA) is 80.0 Å². The van der Waals surface area contributed by atoms with E-state index in [1.807, 2.05) is 6.92 Å². The summed E-state index contributed by atoms with van der Waals surface area (Å²) in [6.07, 6.45) is 2.60. The van der Waals surface area contributed by atoms with Crippen LogP contribution in [0.15, 0.2) is 16.7 Å². The van der Waals surface area contributed by atoms with E-state index in [-0.39, 0.29) is 11.9 Å². The van der Waals surface area contributed by atoms with E-state index in [1.165, 1.54) is 0 Å². The number of nitrogen functional groups attached to an aromatic ring is 1. The van der Waals surface area contributed by atoms with Gasteiger partial charge in [0.2, 0.25) is 0 Å². The molecule has 6 heteroatoms. The fraction of sp³-hybridized carbons (Fsp3) is 0.500. The molecule has 0 aliphatic rings. The number of rotatable bonds is 5. The summed E-state index contributed by atoms with van der Waals surface area (Å²) in [5.74, 6) is 5.96. The average Bonchev–Trinajstić information content (AvgIpc) is 2.37. The van der Waals surface area contributed by atoms with Crippen molar-refractivity contribution in [1.29, 1.82) is 0 Å². The Morgan fingerprint density at radius 1 is 1.56 bits per heavy atom. The van der Waals surface area contributed by atoms with E-state index in [2.05, 4.69) is 45.5 Å². The molecule has 0 aliphatic carbocycles. The highest BCUT2D eigenvalue weighted by molar-refractivity contribution is 9.10. The van der Waals surface area contributed by atoms with Gasteiger partial charge in [-0.15, -0.1) is 0 Å². The van der Waals surface area contributed by atoms with Crippen molar-refractivity contribution < 1.29 is 4.79 Å². The van der Waals surface area contributed by atoms with Crippen LogP contribution in [0.2, 0.25) is 0 Å². The van der Waals surface area contributed by atoms with Gasteiger partial charge in [-0.1, -0.05) is 20.3 Å². The molecule has 5 nitrogen and oxygen atoms in total. The zero-order valence-electron chi connectivity index (χ0n) is 10.8. The number of hydrogen-bond acceptors (Lipinski definition) is 4. The minimum atomic E-state index is -0.176. The number of aromatic nitrogens is 1. The van der Waals surface area contributed by atoms with Gasteiger partial charge in [-0.05, 0) is 34.8 Å². The molecule has 0 aliphatic heterocycles. The number of hydrazine groups is 1. The average molecular weight is 315 g/mol. The van der Waals surface area contributed by atoms with Gasteiger partial charge in [0.05, 0.1) is 5.56 Å². The van der Waals surface area contributed by atoms with Crippen molar-refractivity contribution in [3.05, 3.63) is 22.3 Å². The van der Waals surface area contributed by atoms with Gasteiger partial charge < -0.3 is 10.7 Å². The molecular formula is C12H19BrN4O. The highest BCUT2D eigenvalue weighted by Gasteiger charge is 2.17. The Bertz CT molecular complexity index is 425. The van der Waals surface area contributed by atoms with Gasteiger partial charge in [0, 0.05) is 16.7 Å². The van der Waals surface area contributed by atoms with Crippen LogP contribution in [-0.2, 0) is 0 Å². The van der Waals surface area contributed by atoms with E-state index in [1.54, 1.807) is 12.3 Å². The molecule has 0 saturated carbocycles. The van der Waals surface area contributed by atoms with E-state index < -0.39 is 0 Å². The maximum Gasteiger partial charge on any atom is 0.255 e. The second kappa shape index (κ2) is 6.70. The lowest BCUT2D eigenvalue weighted by Crippen LogP contribution is -2.37. The predicted octanol–water partition coefficient (Wildman–Crippen LogP) is 2.29. The first-order valence-corrected chi connectivity index (χ1v) is 6.71. The van der Waals surface area contributed by atoms with Crippen LogP contribution in [0.4, 0.5) is 5.82 Å². The molecule has 4 N–H and O–H groups in total. The summed E-state index contributed by atoms with van der Waals surface area (Å²) in [7, 11) is 0. The second-order valence-corrected chi connectivity index (χ2v) is 5.26. The number of nitrogens with two attached hydrogens (primary N) is 1. The number of nitrogens with one attached hydrogen (secondary N) is 2. The highest BCUT2D eigenvalue weighted by atomic mass is 79.9. The number of pyridine rings is 1. The Hall–Kier alpha value is -1.14. The summed E-state index contributed by atoms with van der Waals surface area (Å²) in [6, 6.07) is 1.80. The van der Waals surface area contributed by atoms with Gasteiger partial charge in [0.25, 0.3) is 5.91 Å². The fourth-order valence-corrected chi connectivity index (χ4v) is 1.84. The Morgan fingerprint density at radius 2 is 2.22 bits per heavy atom. The third-order valence-corrected chi connectivity index (χ3v) is 3.53. The first-order chi connectivity index (χ1) is 8.49. The molecule has 1 rings (SSSR count). The molecule has 0 aromatic carbocycles. The van der Waals surface area contributed by atoms with E-state index >= 15 is 0 Å². The number of nitrogens with zero attached hydrogens (tertiary/aromatic N) is 1. The third kappa shape index (κ3) is 3.68. The highest BCUT2D eigenvalue weighted by Crippen LogP contribution is 2.18. The fourth-order valence-electron chi connectivity index (χ4n) is 1.51. The van der Waals surface area contributed by atoms with Gasteiger partial charge >= 0.3 is 0 Å². The molecule has 100 valence electrons. The lowest BCUT2D eigenvalue weighted by Gasteiger charge is -2.20. The Labute approximate surface area is 116 Å². The van der Waals surface area contributed by atoms with Crippen molar-refractivity contribution in [2.75, 3.05) is 5.43 Å². The Balaban J connectivity index is 2.87. The number of carbonyl (C=O) groups is 1. The molecular weight excluding hydrogens is 296 g/mol. The van der Waals surface area contributed by atoms with Crippen molar-refractivity contribution in [1.82, 2.24) is 10.3 Å². The normalized spacial score (nSPS) is 13.8. The van der Waals surface area contributed by atoms with Gasteiger partial charge in [-0.2, -0.15) is 0 Å². The number of carbonyl (C=O) groups excluding carboxylic acids is 1. The molecule has 0 bridgehead atoms. The van der Waals surface area contributed by atoms with Gasteiger partial charge in [0.1, 0.15) is 0 Å². The molecule has 0 fully saturated rings. The van der Waals surface area contributed by atoms with Crippen LogP contribution in [0.5, 0.6) is 0 Å². The minimum Gasteiger partial charge on any atom is -0.349 e. The van der Waals surface area contributed by atoms with Crippen LogP contribution < -0.4 is 16.6 Å². The molecule has 1 aromatic heterocycles. The standard InChI is InChI=1S/C12H19BrN4O/c1-4-7(2)8(3)16-12(18)10-5-9(13)6-15-11(10)17-14/h5-8H,4,14H2,1-3H3,(H,15,17)(H,16,18). The molecule has 1 amide bonds. The van der Waals surface area contributed by atoms with Crippen molar-refractivity contribution >= 4 is 27.7 Å². The summed E-state index contributed by atoms with van der Waals surface area (Å²) in [6.45, 7) is 6.19. The Morgan fingerprint density at radius 3 is 2.78 bits per heavy atom. The summed E-state index contributed by atoms with van der Waals surface area (Å²) < 4.78 is 0.739. The van der Waals surface area contributed by atoms with E-state index in [0.717, 1.165) is 10.9 Å². The zero-order valence-corrected chi connectivity index (χ0v) is 12.4. The maximum absolute atomic E-state index is 12.1. The number of halogens is 1. The van der Waals surface area contributed by atoms with Gasteiger partial charge in [0.15, 0.2) is 5.82 Å². The first-order valence-electron chi connectivity index (χ1n) is 5.92. The van der Waals surface area contributed by atoms with Crippen LogP contribution in [-0.4, -0.2) is 16.9 Å². The second-order valence-electron chi connectivity index (χ2n) is 4.34. The summed E-state index contributed by atoms with van der Waals surface area (Å²) in [5.41, 5.74) is 2.86. The monoisotopic (exact) mass is 314 g/mol. The Kier molecular flexibility index (Phi) is 5.55. The smallest absolute Gasteiger partial charge is 0.255 e. The maximum atomic E-state index is 12.1. The van der Waals surface area contributed by atoms with Crippen molar-refractivity contribution in [3.8, 4) is 0 Å². The summed E-state index contributed by atoms with van der Waals surface area (Å²) in [5, 5.41) is 2.95. The number of amides is 1. The molecule has 1 heterocycles. The van der Waals surface area contributed by atoms with E-state index in [4.69, 9.17) is 5.84 Å². The first kappa shape index (κ1) is 14.9. The molecule has 0 saturated heterocycles. The van der Waals surface area contributed by atoms with Crippen LogP contribution in [0.1, 0.15) is 37.6 Å².